The van der Waals surface area contributed by atoms with Crippen LogP contribution in [0, 0.1) is 0 Å². The van der Waals surface area contributed by atoms with Crippen molar-refractivity contribution in [3.8, 4) is 0 Å². The highest BCUT2D eigenvalue weighted by molar-refractivity contribution is 5.11. The van der Waals surface area contributed by atoms with Gasteiger partial charge in [0.25, 0.3) is 0 Å². The lowest BCUT2D eigenvalue weighted by atomic mass is 9.97. The second-order valence-corrected chi connectivity index (χ2v) is 3.65. The number of piperidine rings is 1. The van der Waals surface area contributed by atoms with Crippen molar-refractivity contribution in [2.75, 3.05) is 13.7 Å². The molecule has 2 unspecified atom stereocenters. The minimum absolute atomic E-state index is 0.217. The van der Waals surface area contributed by atoms with Crippen molar-refractivity contribution in [2.45, 2.75) is 37.0 Å². The predicted molar refractivity (Wildman–Crippen MR) is 41.4 cm³/mol. The third kappa shape index (κ3) is 1.17. The van der Waals surface area contributed by atoms with Gasteiger partial charge in [0.05, 0.1) is 12.2 Å². The van der Waals surface area contributed by atoms with E-state index in [1.54, 1.807) is 7.11 Å². The number of methoxy groups -OCH3 is 1. The second kappa shape index (κ2) is 2.44. The molecule has 1 saturated heterocycles. The Morgan fingerprint density at radius 1 is 1.55 bits per heavy atom. The number of hydrogen-bond acceptors (Lipinski definition) is 3. The Morgan fingerprint density at radius 2 is 2.27 bits per heavy atom. The highest BCUT2D eigenvalue weighted by Crippen LogP contribution is 2.43. The molecule has 3 nitrogen and oxygen atoms in total. The quantitative estimate of drug-likeness (QED) is 0.558. The third-order valence-corrected chi connectivity index (χ3v) is 2.87. The number of nitrogens with one attached hydrogen (secondary N) is 1. The average Bonchev–Trinajstić information content (AvgIpc) is 2.76. The first-order valence-corrected chi connectivity index (χ1v) is 4.23. The molecule has 0 bridgehead atoms. The van der Waals surface area contributed by atoms with E-state index in [1.165, 1.54) is 12.8 Å². The van der Waals surface area contributed by atoms with E-state index in [9.17, 15) is 5.11 Å². The standard InChI is InChI=1S/C8H15NO2/c1-11-7-4-6(10)5-9-8(7)2-3-8/h6-7,9-10H,2-5H2,1H3. The second-order valence-electron chi connectivity index (χ2n) is 3.65. The Bertz CT molecular complexity index is 156. The summed E-state index contributed by atoms with van der Waals surface area (Å²) in [5, 5.41) is 12.7. The zero-order valence-electron chi connectivity index (χ0n) is 6.84. The van der Waals surface area contributed by atoms with Gasteiger partial charge in [0.15, 0.2) is 0 Å². The summed E-state index contributed by atoms with van der Waals surface area (Å²) in [4.78, 5) is 0. The van der Waals surface area contributed by atoms with Crippen molar-refractivity contribution in [3.05, 3.63) is 0 Å². The average molecular weight is 157 g/mol. The molecule has 1 spiro atoms. The number of β-amino-alcohol motifs (C(OH)–C–C–N with tert-alkyl or cyclic N) is 1. The van der Waals surface area contributed by atoms with Crippen molar-refractivity contribution in [1.29, 1.82) is 0 Å². The maximum atomic E-state index is 9.33. The number of aliphatic hydroxyl groups excluding tert-OH is 1. The van der Waals surface area contributed by atoms with Crippen LogP contribution in [-0.2, 0) is 4.74 Å². The van der Waals surface area contributed by atoms with Gasteiger partial charge in [-0.05, 0) is 12.8 Å². The van der Waals surface area contributed by atoms with Gasteiger partial charge < -0.3 is 15.2 Å². The van der Waals surface area contributed by atoms with Crippen molar-refractivity contribution in [3.63, 3.8) is 0 Å². The third-order valence-electron chi connectivity index (χ3n) is 2.87. The normalized spacial score (nSPS) is 40.9. The molecule has 2 N–H and O–H groups in total. The summed E-state index contributed by atoms with van der Waals surface area (Å²) in [6, 6.07) is 0. The summed E-state index contributed by atoms with van der Waals surface area (Å²) in [5.74, 6) is 0. The summed E-state index contributed by atoms with van der Waals surface area (Å²) >= 11 is 0. The van der Waals surface area contributed by atoms with Crippen molar-refractivity contribution in [1.82, 2.24) is 5.32 Å². The fraction of sp³-hybridized carbons (Fsp3) is 1.00. The van der Waals surface area contributed by atoms with E-state index in [0.29, 0.717) is 0 Å². The van der Waals surface area contributed by atoms with Crippen LogP contribution < -0.4 is 5.32 Å². The number of ether oxygens (including phenoxy) is 1. The Labute approximate surface area is 66.7 Å². The molecule has 1 aliphatic carbocycles. The molecule has 0 aromatic rings. The Kier molecular flexibility index (Phi) is 1.67. The smallest absolute Gasteiger partial charge is 0.0777 e. The zero-order chi connectivity index (χ0) is 7.90. The molecule has 1 aliphatic heterocycles. The van der Waals surface area contributed by atoms with E-state index in [0.717, 1.165) is 13.0 Å². The fourth-order valence-corrected chi connectivity index (χ4v) is 1.95. The maximum Gasteiger partial charge on any atom is 0.0777 e. The van der Waals surface area contributed by atoms with Gasteiger partial charge in [-0.15, -0.1) is 0 Å². The van der Waals surface area contributed by atoms with Crippen LogP contribution >= 0.6 is 0 Å². The molecule has 11 heavy (non-hydrogen) atoms. The van der Waals surface area contributed by atoms with E-state index in [4.69, 9.17) is 4.74 Å². The monoisotopic (exact) mass is 157 g/mol. The largest absolute Gasteiger partial charge is 0.392 e. The fourth-order valence-electron chi connectivity index (χ4n) is 1.95. The first-order chi connectivity index (χ1) is 5.27. The van der Waals surface area contributed by atoms with E-state index >= 15 is 0 Å². The minimum Gasteiger partial charge on any atom is -0.392 e. The number of hydrogen-bond donors (Lipinski definition) is 2. The van der Waals surface area contributed by atoms with Crippen LogP contribution in [0.3, 0.4) is 0 Å². The molecule has 2 aliphatic rings. The zero-order valence-corrected chi connectivity index (χ0v) is 6.84. The van der Waals surface area contributed by atoms with E-state index in [2.05, 4.69) is 5.32 Å². The molecule has 1 saturated carbocycles. The maximum absolute atomic E-state index is 9.33. The highest BCUT2D eigenvalue weighted by atomic mass is 16.5. The van der Waals surface area contributed by atoms with Crippen LogP contribution in [0.1, 0.15) is 19.3 Å². The molecule has 1 heterocycles. The SMILES string of the molecule is COC1CC(O)CNC12CC2. The summed E-state index contributed by atoms with van der Waals surface area (Å²) in [6.07, 6.45) is 3.22. The molecular weight excluding hydrogens is 142 g/mol. The van der Waals surface area contributed by atoms with E-state index in [1.807, 2.05) is 0 Å². The molecule has 2 atom stereocenters. The molecular formula is C8H15NO2. The Morgan fingerprint density at radius 3 is 2.82 bits per heavy atom. The molecule has 0 aromatic carbocycles. The van der Waals surface area contributed by atoms with Gasteiger partial charge >= 0.3 is 0 Å². The van der Waals surface area contributed by atoms with Crippen LogP contribution in [0.25, 0.3) is 0 Å². The first kappa shape index (κ1) is 7.53. The van der Waals surface area contributed by atoms with Crippen LogP contribution in [0.15, 0.2) is 0 Å². The Balaban J connectivity index is 2.01. The summed E-state index contributed by atoms with van der Waals surface area (Å²) < 4.78 is 5.32. The lowest BCUT2D eigenvalue weighted by Gasteiger charge is -2.34. The van der Waals surface area contributed by atoms with Gasteiger partial charge in [0.2, 0.25) is 0 Å². The molecule has 64 valence electrons. The lowest BCUT2D eigenvalue weighted by Crippen LogP contribution is -2.53. The minimum atomic E-state index is -0.217. The van der Waals surface area contributed by atoms with Crippen LogP contribution in [0.4, 0.5) is 0 Å². The van der Waals surface area contributed by atoms with Gasteiger partial charge in [0.1, 0.15) is 0 Å². The topological polar surface area (TPSA) is 41.5 Å². The number of aliphatic hydroxyl groups is 1. The van der Waals surface area contributed by atoms with Crippen LogP contribution in [0.5, 0.6) is 0 Å². The van der Waals surface area contributed by atoms with Gasteiger partial charge in [-0.2, -0.15) is 0 Å². The van der Waals surface area contributed by atoms with Crippen LogP contribution in [-0.4, -0.2) is 36.5 Å². The summed E-state index contributed by atoms with van der Waals surface area (Å²) in [7, 11) is 1.73. The molecule has 2 fully saturated rings. The van der Waals surface area contributed by atoms with Crippen molar-refractivity contribution >= 4 is 0 Å². The summed E-state index contributed by atoms with van der Waals surface area (Å²) in [5.41, 5.74) is 0.244. The van der Waals surface area contributed by atoms with E-state index < -0.39 is 0 Å². The molecule has 0 aromatic heterocycles. The van der Waals surface area contributed by atoms with Crippen molar-refractivity contribution in [2.24, 2.45) is 0 Å². The summed E-state index contributed by atoms with van der Waals surface area (Å²) in [6.45, 7) is 0.736. The molecule has 0 radical (unpaired) electrons. The molecule has 3 heteroatoms. The van der Waals surface area contributed by atoms with Crippen molar-refractivity contribution < 1.29 is 9.84 Å². The molecule has 0 amide bonds. The Hall–Kier alpha value is -0.120. The number of rotatable bonds is 1. The van der Waals surface area contributed by atoms with Gasteiger partial charge in [-0.1, -0.05) is 0 Å². The lowest BCUT2D eigenvalue weighted by molar-refractivity contribution is -0.0143. The van der Waals surface area contributed by atoms with Gasteiger partial charge in [-0.3, -0.25) is 0 Å². The van der Waals surface area contributed by atoms with Gasteiger partial charge in [0, 0.05) is 25.6 Å². The molecule has 2 rings (SSSR count). The first-order valence-electron chi connectivity index (χ1n) is 4.23. The highest BCUT2D eigenvalue weighted by Gasteiger charge is 2.52. The van der Waals surface area contributed by atoms with E-state index in [-0.39, 0.29) is 17.7 Å². The predicted octanol–water partition coefficient (Wildman–Crippen LogP) is -0.112. The van der Waals surface area contributed by atoms with Gasteiger partial charge in [-0.25, -0.2) is 0 Å². The van der Waals surface area contributed by atoms with Crippen LogP contribution in [0.2, 0.25) is 0 Å².